The van der Waals surface area contributed by atoms with Gasteiger partial charge in [-0.15, -0.1) is 0 Å². The van der Waals surface area contributed by atoms with Gasteiger partial charge in [-0.2, -0.15) is 5.26 Å². The first-order chi connectivity index (χ1) is 26.3. The van der Waals surface area contributed by atoms with Crippen LogP contribution in [-0.4, -0.2) is 97.1 Å². The molecule has 4 N–H and O–H groups in total. The van der Waals surface area contributed by atoms with E-state index in [4.69, 9.17) is 36.3 Å². The number of aliphatic hydroxyl groups excluding tert-OH is 1. The molecule has 0 spiro atoms. The number of aromatic nitrogens is 2. The van der Waals surface area contributed by atoms with E-state index in [2.05, 4.69) is 21.4 Å². The number of pyridine rings is 2. The molecular formula is C39H42ClN7O7. The Morgan fingerprint density at radius 1 is 1.15 bits per heavy atom. The zero-order valence-electron chi connectivity index (χ0n) is 29.7. The Kier molecular flexibility index (Phi) is 13.1. The minimum Gasteiger partial charge on any atom is -0.486 e. The smallest absolute Gasteiger partial charge is 0.242 e. The summed E-state index contributed by atoms with van der Waals surface area (Å²) in [7, 11) is 0. The first-order valence-corrected chi connectivity index (χ1v) is 18.1. The monoisotopic (exact) mass is 755 g/mol. The highest BCUT2D eigenvalue weighted by Crippen LogP contribution is 2.40. The van der Waals surface area contributed by atoms with Gasteiger partial charge in [-0.25, -0.2) is 0 Å². The van der Waals surface area contributed by atoms with E-state index in [0.29, 0.717) is 102 Å². The van der Waals surface area contributed by atoms with Gasteiger partial charge >= 0.3 is 0 Å². The molecular weight excluding hydrogens is 714 g/mol. The van der Waals surface area contributed by atoms with Crippen LogP contribution in [0.25, 0.3) is 10.9 Å². The number of hydrogen-bond donors (Lipinski definition) is 3. The summed E-state index contributed by atoms with van der Waals surface area (Å²) < 4.78 is 23.7. The van der Waals surface area contributed by atoms with Crippen LogP contribution < -0.4 is 25.4 Å². The average Bonchev–Trinajstić information content (AvgIpc) is 3.69. The Hall–Kier alpha value is -5.46. The number of hydrogen-bond acceptors (Lipinski definition) is 12. The molecule has 0 saturated carbocycles. The number of benzene rings is 2. The zero-order chi connectivity index (χ0) is 37.9. The molecule has 282 valence electrons. The predicted octanol–water partition coefficient (Wildman–Crippen LogP) is 4.49. The second-order valence-electron chi connectivity index (χ2n) is 12.8. The second kappa shape index (κ2) is 18.5. The lowest BCUT2D eigenvalue weighted by Gasteiger charge is -2.33. The van der Waals surface area contributed by atoms with Crippen molar-refractivity contribution in [2.45, 2.75) is 32.0 Å². The highest BCUT2D eigenvalue weighted by atomic mass is 35.5. The number of rotatable bonds is 16. The van der Waals surface area contributed by atoms with Gasteiger partial charge in [-0.1, -0.05) is 23.2 Å². The van der Waals surface area contributed by atoms with Gasteiger partial charge in [0.05, 0.1) is 72.8 Å². The number of nitrogens with two attached hydrogens (primary N) is 1. The van der Waals surface area contributed by atoms with E-state index in [-0.39, 0.29) is 45.0 Å². The summed E-state index contributed by atoms with van der Waals surface area (Å²) in [5.74, 6) is 0.362. The Bertz CT molecular complexity index is 2010. The molecule has 0 bridgehead atoms. The summed E-state index contributed by atoms with van der Waals surface area (Å²) in [6, 6.07) is 16.8. The number of fused-ring (bicyclic) bond motifs is 1. The van der Waals surface area contributed by atoms with Crippen LogP contribution in [0.5, 0.6) is 11.5 Å². The molecule has 2 amide bonds. The zero-order valence-corrected chi connectivity index (χ0v) is 30.5. The molecule has 4 heterocycles. The van der Waals surface area contributed by atoms with Crippen LogP contribution in [0.1, 0.15) is 30.5 Å². The van der Waals surface area contributed by atoms with Crippen molar-refractivity contribution in [2.24, 2.45) is 5.73 Å². The number of piperidine rings is 1. The molecule has 2 aliphatic rings. The highest BCUT2D eigenvalue weighted by molar-refractivity contribution is 6.32. The van der Waals surface area contributed by atoms with E-state index in [9.17, 15) is 20.0 Å². The van der Waals surface area contributed by atoms with Gasteiger partial charge in [0.25, 0.3) is 0 Å². The Labute approximate surface area is 318 Å². The topological polar surface area (TPSA) is 185 Å². The molecule has 2 saturated heterocycles. The van der Waals surface area contributed by atoms with E-state index in [0.717, 1.165) is 11.3 Å². The fraction of sp³-hybridized carbons (Fsp3) is 0.359. The predicted molar refractivity (Wildman–Crippen MR) is 203 cm³/mol. The largest absolute Gasteiger partial charge is 0.486 e. The Balaban J connectivity index is 1.34. The van der Waals surface area contributed by atoms with Crippen LogP contribution in [0.2, 0.25) is 5.02 Å². The molecule has 2 aromatic carbocycles. The number of carbonyl (C=O) groups excluding carboxylic acids is 2. The number of anilines is 3. The fourth-order valence-electron chi connectivity index (χ4n) is 6.31. The molecule has 54 heavy (non-hydrogen) atoms. The average molecular weight is 756 g/mol. The van der Waals surface area contributed by atoms with Gasteiger partial charge in [0, 0.05) is 61.7 Å². The number of amides is 2. The first-order valence-electron chi connectivity index (χ1n) is 17.7. The molecule has 1 atom stereocenters. The second-order valence-corrected chi connectivity index (χ2v) is 13.2. The molecule has 2 fully saturated rings. The number of aliphatic hydroxyl groups is 1. The third kappa shape index (κ3) is 9.94. The van der Waals surface area contributed by atoms with E-state index in [1.54, 1.807) is 29.3 Å². The van der Waals surface area contributed by atoms with Gasteiger partial charge < -0.3 is 44.9 Å². The van der Waals surface area contributed by atoms with Crippen LogP contribution in [0.3, 0.4) is 0 Å². The number of nitrogens with one attached hydrogen (secondary N) is 1. The van der Waals surface area contributed by atoms with Crippen LogP contribution in [0.15, 0.2) is 72.6 Å². The van der Waals surface area contributed by atoms with Crippen molar-refractivity contribution >= 4 is 51.4 Å². The van der Waals surface area contributed by atoms with Gasteiger partial charge in [0.2, 0.25) is 11.8 Å². The maximum Gasteiger partial charge on any atom is 0.242 e. The van der Waals surface area contributed by atoms with E-state index in [1.807, 2.05) is 35.2 Å². The summed E-state index contributed by atoms with van der Waals surface area (Å²) in [5.41, 5.74) is 9.57. The van der Waals surface area contributed by atoms with Crippen LogP contribution in [-0.2, 0) is 25.7 Å². The summed E-state index contributed by atoms with van der Waals surface area (Å²) in [6.07, 6.45) is 6.23. The number of likely N-dealkylation sites (tertiary alicyclic amines) is 1. The quantitative estimate of drug-likeness (QED) is 0.108. The fourth-order valence-corrected chi connectivity index (χ4v) is 6.54. The molecule has 2 aromatic heterocycles. The minimum atomic E-state index is -0.496. The summed E-state index contributed by atoms with van der Waals surface area (Å²) in [5, 5.41) is 23.9. The molecule has 1 unspecified atom stereocenters. The minimum absolute atomic E-state index is 0.00983. The van der Waals surface area contributed by atoms with Gasteiger partial charge in [-0.3, -0.25) is 19.6 Å². The summed E-state index contributed by atoms with van der Waals surface area (Å²) >= 11 is 6.65. The standard InChI is InChI=1S/C39H42ClN7O7/c40-32-18-28(4-5-35(32)53-24-29-3-1-2-9-43-29)45-39-27(21-41)22-44-33-20-36(54-30-8-14-52-25-30)34(19-31(33)39)47(12-15-51-16-13-48)23-38(50)46-10-6-26(7-11-46)17-37(42)49/h1-5,9,17-20,22,30,48H,6-8,10-16,23-25H2,(H2,42,49)(H,44,45). The molecule has 14 nitrogen and oxygen atoms in total. The highest BCUT2D eigenvalue weighted by Gasteiger charge is 2.27. The summed E-state index contributed by atoms with van der Waals surface area (Å²) in [4.78, 5) is 37.8. The lowest BCUT2D eigenvalue weighted by molar-refractivity contribution is -0.130. The van der Waals surface area contributed by atoms with Crippen LogP contribution >= 0.6 is 11.6 Å². The molecule has 0 radical (unpaired) electrons. The molecule has 0 aliphatic carbocycles. The van der Waals surface area contributed by atoms with Crippen molar-refractivity contribution in [3.63, 3.8) is 0 Å². The van der Waals surface area contributed by atoms with Crippen molar-refractivity contribution in [3.8, 4) is 17.6 Å². The van der Waals surface area contributed by atoms with E-state index >= 15 is 0 Å². The maximum absolute atomic E-state index is 13.9. The number of nitriles is 1. The third-order valence-electron chi connectivity index (χ3n) is 9.07. The molecule has 2 aliphatic heterocycles. The van der Waals surface area contributed by atoms with Gasteiger partial charge in [0.1, 0.15) is 30.3 Å². The number of carbonyl (C=O) groups is 2. The van der Waals surface area contributed by atoms with Crippen molar-refractivity contribution < 1.29 is 33.6 Å². The molecule has 15 heteroatoms. The molecule has 4 aromatic rings. The first kappa shape index (κ1) is 38.3. The lowest BCUT2D eigenvalue weighted by atomic mass is 10.0. The molecule has 6 rings (SSSR count). The van der Waals surface area contributed by atoms with Gasteiger partial charge in [0.15, 0.2) is 0 Å². The normalized spacial score (nSPS) is 15.5. The lowest BCUT2D eigenvalue weighted by Crippen LogP contribution is -2.44. The summed E-state index contributed by atoms with van der Waals surface area (Å²) in [6.45, 7) is 2.64. The van der Waals surface area contributed by atoms with E-state index < -0.39 is 5.91 Å². The van der Waals surface area contributed by atoms with Gasteiger partial charge in [-0.05, 0) is 49.2 Å². The third-order valence-corrected chi connectivity index (χ3v) is 9.36. The van der Waals surface area contributed by atoms with E-state index in [1.165, 1.54) is 12.3 Å². The SMILES string of the molecule is N#Cc1cnc2cc(OC3CCOC3)c(N(CCOCCO)CC(=O)N3CCC(=CC(N)=O)CC3)cc2c1Nc1ccc(OCc2ccccn2)c(Cl)c1. The maximum atomic E-state index is 13.9. The van der Waals surface area contributed by atoms with Crippen LogP contribution in [0, 0.1) is 11.3 Å². The van der Waals surface area contributed by atoms with Crippen LogP contribution in [0.4, 0.5) is 17.1 Å². The van der Waals surface area contributed by atoms with Crippen molar-refractivity contribution in [3.05, 3.63) is 88.9 Å². The number of primary amides is 1. The number of nitrogens with zero attached hydrogens (tertiary/aromatic N) is 5. The number of ether oxygens (including phenoxy) is 4. The Morgan fingerprint density at radius 2 is 2.00 bits per heavy atom. The van der Waals surface area contributed by atoms with Crippen molar-refractivity contribution in [1.29, 1.82) is 5.26 Å². The number of halogens is 1. The Morgan fingerprint density at radius 3 is 2.70 bits per heavy atom. The van der Waals surface area contributed by atoms with Crippen molar-refractivity contribution in [2.75, 3.05) is 69.4 Å². The van der Waals surface area contributed by atoms with Crippen molar-refractivity contribution in [1.82, 2.24) is 14.9 Å².